The van der Waals surface area contributed by atoms with Gasteiger partial charge in [-0.15, -0.1) is 0 Å². The van der Waals surface area contributed by atoms with Crippen LogP contribution in [0.25, 0.3) is 28.5 Å². The van der Waals surface area contributed by atoms with Crippen molar-refractivity contribution >= 4 is 29.2 Å². The molecule has 0 atom stereocenters. The molecule has 8 nitrogen and oxygen atoms in total. The highest BCUT2D eigenvalue weighted by molar-refractivity contribution is 6.35. The number of carbonyl (C=O) groups is 2. The summed E-state index contributed by atoms with van der Waals surface area (Å²) < 4.78 is 15.3. The largest absolute Gasteiger partial charge is 0.358 e. The fourth-order valence-electron chi connectivity index (χ4n) is 5.10. The number of H-pyrrole nitrogens is 1. The standard InChI is InChI=1S/C31H33FN6O2/c1-5-37(6-2)13-12-33-31(40)29-19(3)28(35-20(29)4)16-26-25-14-21(10-11-27(25)36-30(26)39)22-17-34-38(18-22)24-9-7-8-23(32)15-24/h7-11,14-18,35H,5-6,12-13H2,1-4H3,(H,33,40)(H,36,39). The van der Waals surface area contributed by atoms with E-state index in [1.807, 2.05) is 38.2 Å². The number of hydrogen-bond acceptors (Lipinski definition) is 4. The Morgan fingerprint density at radius 3 is 2.67 bits per heavy atom. The van der Waals surface area contributed by atoms with Crippen LogP contribution in [0, 0.1) is 19.7 Å². The quantitative estimate of drug-likeness (QED) is 0.255. The number of nitrogens with zero attached hydrogens (tertiary/aromatic N) is 3. The van der Waals surface area contributed by atoms with Gasteiger partial charge in [-0.1, -0.05) is 26.0 Å². The Balaban J connectivity index is 1.41. The molecule has 1 aliphatic heterocycles. The fraction of sp³-hybridized carbons (Fsp3) is 0.258. The maximum atomic E-state index is 13.7. The van der Waals surface area contributed by atoms with E-state index in [0.717, 1.165) is 47.6 Å². The molecule has 0 aliphatic carbocycles. The molecule has 0 radical (unpaired) electrons. The molecule has 2 amide bonds. The van der Waals surface area contributed by atoms with Gasteiger partial charge in [-0.25, -0.2) is 9.07 Å². The summed E-state index contributed by atoms with van der Waals surface area (Å²) in [6, 6.07) is 12.0. The van der Waals surface area contributed by atoms with Crippen LogP contribution < -0.4 is 10.6 Å². The molecule has 1 aliphatic rings. The minimum atomic E-state index is -0.332. The number of hydrogen-bond donors (Lipinski definition) is 3. The van der Waals surface area contributed by atoms with E-state index in [2.05, 4.69) is 39.5 Å². The van der Waals surface area contributed by atoms with E-state index in [9.17, 15) is 14.0 Å². The van der Waals surface area contributed by atoms with Crippen LogP contribution in [0.15, 0.2) is 54.9 Å². The number of aromatic nitrogens is 3. The molecule has 0 unspecified atom stereocenters. The molecule has 5 rings (SSSR count). The summed E-state index contributed by atoms with van der Waals surface area (Å²) in [6.07, 6.45) is 5.34. The van der Waals surface area contributed by atoms with Gasteiger partial charge in [0, 0.05) is 47.5 Å². The van der Waals surface area contributed by atoms with Crippen LogP contribution in [0.2, 0.25) is 0 Å². The van der Waals surface area contributed by atoms with Crippen LogP contribution in [0.1, 0.15) is 46.7 Å². The van der Waals surface area contributed by atoms with Crippen molar-refractivity contribution in [1.82, 2.24) is 25.0 Å². The van der Waals surface area contributed by atoms with Gasteiger partial charge in [-0.2, -0.15) is 5.10 Å². The van der Waals surface area contributed by atoms with Gasteiger partial charge in [0.25, 0.3) is 11.8 Å². The molecule has 3 N–H and O–H groups in total. The number of rotatable bonds is 9. The van der Waals surface area contributed by atoms with E-state index in [0.29, 0.717) is 34.8 Å². The summed E-state index contributed by atoms with van der Waals surface area (Å²) in [7, 11) is 0. The van der Waals surface area contributed by atoms with Gasteiger partial charge in [0.15, 0.2) is 0 Å². The summed E-state index contributed by atoms with van der Waals surface area (Å²) in [5.41, 5.74) is 7.17. The summed E-state index contributed by atoms with van der Waals surface area (Å²) in [5, 5.41) is 10.3. The third-order valence-corrected chi connectivity index (χ3v) is 7.39. The second kappa shape index (κ2) is 11.3. The molecule has 4 aromatic rings. The highest BCUT2D eigenvalue weighted by atomic mass is 19.1. The number of nitrogens with one attached hydrogen (secondary N) is 3. The minimum Gasteiger partial charge on any atom is -0.358 e. The third kappa shape index (κ3) is 5.33. The average Bonchev–Trinajstić information content (AvgIpc) is 3.62. The van der Waals surface area contributed by atoms with E-state index >= 15 is 0 Å². The molecule has 2 aromatic carbocycles. The maximum Gasteiger partial charge on any atom is 0.256 e. The van der Waals surface area contributed by atoms with E-state index in [1.54, 1.807) is 29.1 Å². The Bertz CT molecular complexity index is 1610. The third-order valence-electron chi connectivity index (χ3n) is 7.39. The lowest BCUT2D eigenvalue weighted by molar-refractivity contribution is -0.110. The Hall–Kier alpha value is -4.50. The Morgan fingerprint density at radius 2 is 1.93 bits per heavy atom. The normalized spacial score (nSPS) is 13.7. The summed E-state index contributed by atoms with van der Waals surface area (Å²) in [6.45, 7) is 11.2. The Kier molecular flexibility index (Phi) is 7.66. The van der Waals surface area contributed by atoms with Gasteiger partial charge in [0.2, 0.25) is 0 Å². The number of aryl methyl sites for hydroxylation is 1. The number of carbonyl (C=O) groups excluding carboxylic acids is 2. The topological polar surface area (TPSA) is 95.1 Å². The van der Waals surface area contributed by atoms with Crippen LogP contribution in [-0.4, -0.2) is 57.7 Å². The number of fused-ring (bicyclic) bond motifs is 1. The first-order valence-electron chi connectivity index (χ1n) is 13.5. The molecule has 206 valence electrons. The predicted molar refractivity (Wildman–Crippen MR) is 156 cm³/mol. The van der Waals surface area contributed by atoms with Crippen LogP contribution in [0.4, 0.5) is 10.1 Å². The lowest BCUT2D eigenvalue weighted by atomic mass is 10.00. The summed E-state index contributed by atoms with van der Waals surface area (Å²) in [4.78, 5) is 31.5. The van der Waals surface area contributed by atoms with Crippen molar-refractivity contribution in [3.8, 4) is 16.8 Å². The number of benzene rings is 2. The van der Waals surface area contributed by atoms with E-state index in [-0.39, 0.29) is 17.6 Å². The molecule has 0 saturated carbocycles. The van der Waals surface area contributed by atoms with Crippen LogP contribution in [0.5, 0.6) is 0 Å². The van der Waals surface area contributed by atoms with E-state index in [1.165, 1.54) is 12.1 Å². The number of halogens is 1. The van der Waals surface area contributed by atoms with Crippen molar-refractivity contribution in [2.24, 2.45) is 0 Å². The smallest absolute Gasteiger partial charge is 0.256 e. The summed E-state index contributed by atoms with van der Waals surface area (Å²) in [5.74, 6) is -0.669. The van der Waals surface area contributed by atoms with Crippen molar-refractivity contribution in [2.45, 2.75) is 27.7 Å². The van der Waals surface area contributed by atoms with Gasteiger partial charge < -0.3 is 20.5 Å². The molecule has 9 heteroatoms. The lowest BCUT2D eigenvalue weighted by Crippen LogP contribution is -2.35. The highest BCUT2D eigenvalue weighted by Crippen LogP contribution is 2.37. The predicted octanol–water partition coefficient (Wildman–Crippen LogP) is 5.19. The fourth-order valence-corrected chi connectivity index (χ4v) is 5.10. The van der Waals surface area contributed by atoms with Gasteiger partial charge in [-0.05, 0) is 74.5 Å². The van der Waals surface area contributed by atoms with Crippen molar-refractivity contribution < 1.29 is 14.0 Å². The monoisotopic (exact) mass is 540 g/mol. The zero-order valence-corrected chi connectivity index (χ0v) is 23.1. The van der Waals surface area contributed by atoms with Gasteiger partial charge in [-0.3, -0.25) is 9.59 Å². The molecule has 0 saturated heterocycles. The molecular weight excluding hydrogens is 507 g/mol. The Labute approximate surface area is 232 Å². The van der Waals surface area contributed by atoms with Crippen LogP contribution in [0.3, 0.4) is 0 Å². The van der Waals surface area contributed by atoms with Crippen molar-refractivity contribution in [2.75, 3.05) is 31.5 Å². The molecule has 0 fully saturated rings. The molecule has 2 aromatic heterocycles. The number of aromatic amines is 1. The summed E-state index contributed by atoms with van der Waals surface area (Å²) >= 11 is 0. The first kappa shape index (κ1) is 27.1. The van der Waals surface area contributed by atoms with Crippen molar-refractivity contribution in [3.63, 3.8) is 0 Å². The second-order valence-corrected chi connectivity index (χ2v) is 9.87. The number of anilines is 1. The zero-order chi connectivity index (χ0) is 28.4. The SMILES string of the molecule is CCN(CC)CCNC(=O)c1c(C)[nH]c(C=C2C(=O)Nc3ccc(-c4cnn(-c5cccc(F)c5)c4)cc32)c1C. The first-order valence-corrected chi connectivity index (χ1v) is 13.5. The molecular formula is C31H33FN6O2. The average molecular weight is 541 g/mol. The van der Waals surface area contributed by atoms with Gasteiger partial charge in [0.1, 0.15) is 5.82 Å². The highest BCUT2D eigenvalue weighted by Gasteiger charge is 2.26. The maximum absolute atomic E-state index is 13.7. The first-order chi connectivity index (χ1) is 19.3. The number of amides is 2. The molecule has 0 spiro atoms. The van der Waals surface area contributed by atoms with Crippen molar-refractivity contribution in [1.29, 1.82) is 0 Å². The van der Waals surface area contributed by atoms with Gasteiger partial charge >= 0.3 is 0 Å². The molecule has 0 bridgehead atoms. The Morgan fingerprint density at radius 1 is 1.12 bits per heavy atom. The zero-order valence-electron chi connectivity index (χ0n) is 23.1. The van der Waals surface area contributed by atoms with Crippen LogP contribution >= 0.6 is 0 Å². The molecule has 40 heavy (non-hydrogen) atoms. The minimum absolute atomic E-state index is 0.128. The molecule has 3 heterocycles. The van der Waals surface area contributed by atoms with E-state index < -0.39 is 0 Å². The second-order valence-electron chi connectivity index (χ2n) is 9.87. The van der Waals surface area contributed by atoms with Crippen molar-refractivity contribution in [3.05, 3.63) is 88.8 Å². The number of likely N-dealkylation sites (N-methyl/N-ethyl adjacent to an activating group) is 1. The van der Waals surface area contributed by atoms with Gasteiger partial charge in [0.05, 0.1) is 23.0 Å². The lowest BCUT2D eigenvalue weighted by Gasteiger charge is -2.18. The van der Waals surface area contributed by atoms with Crippen LogP contribution in [-0.2, 0) is 4.79 Å². The van der Waals surface area contributed by atoms with E-state index in [4.69, 9.17) is 0 Å².